The standard InChI is InChI=1S/C24H26N2O4/c1-5-29-20-14-17-16(13-19(20)28-4)10-12-26-15(3)21(18-9-7-8-11-25-18)22(23(17)26)24(27)30-6-2/h7-9,11,13-14H,5-6,10,12H2,1-4H3. The van der Waals surface area contributed by atoms with Crippen molar-refractivity contribution in [2.75, 3.05) is 20.3 Å². The summed E-state index contributed by atoms with van der Waals surface area (Å²) in [6.07, 6.45) is 2.58. The van der Waals surface area contributed by atoms with Crippen LogP contribution in [0.25, 0.3) is 22.5 Å². The van der Waals surface area contributed by atoms with Gasteiger partial charge in [0.2, 0.25) is 0 Å². The van der Waals surface area contributed by atoms with Crippen LogP contribution in [-0.2, 0) is 17.7 Å². The highest BCUT2D eigenvalue weighted by molar-refractivity contribution is 6.05. The van der Waals surface area contributed by atoms with E-state index in [1.54, 1.807) is 13.3 Å². The minimum absolute atomic E-state index is 0.309. The molecule has 0 radical (unpaired) electrons. The van der Waals surface area contributed by atoms with Crippen molar-refractivity contribution in [3.63, 3.8) is 0 Å². The second-order valence-corrected chi connectivity index (χ2v) is 7.11. The first-order chi connectivity index (χ1) is 14.6. The van der Waals surface area contributed by atoms with Gasteiger partial charge in [0.15, 0.2) is 11.5 Å². The van der Waals surface area contributed by atoms with Gasteiger partial charge in [-0.15, -0.1) is 0 Å². The van der Waals surface area contributed by atoms with Crippen LogP contribution < -0.4 is 9.47 Å². The number of nitrogens with zero attached hydrogens (tertiary/aromatic N) is 2. The van der Waals surface area contributed by atoms with E-state index in [0.29, 0.717) is 30.3 Å². The highest BCUT2D eigenvalue weighted by Crippen LogP contribution is 2.45. The van der Waals surface area contributed by atoms with Gasteiger partial charge in [0, 0.05) is 29.6 Å². The van der Waals surface area contributed by atoms with Crippen LogP contribution in [0.4, 0.5) is 0 Å². The summed E-state index contributed by atoms with van der Waals surface area (Å²) in [6.45, 7) is 7.40. The molecule has 6 nitrogen and oxygen atoms in total. The van der Waals surface area contributed by atoms with Crippen LogP contribution >= 0.6 is 0 Å². The maximum atomic E-state index is 13.1. The number of benzene rings is 1. The van der Waals surface area contributed by atoms with Crippen LogP contribution in [0.2, 0.25) is 0 Å². The number of carbonyl (C=O) groups excluding carboxylic acids is 1. The van der Waals surface area contributed by atoms with Gasteiger partial charge in [-0.2, -0.15) is 0 Å². The Morgan fingerprint density at radius 1 is 1.17 bits per heavy atom. The van der Waals surface area contributed by atoms with E-state index in [4.69, 9.17) is 14.2 Å². The molecule has 1 aliphatic rings. The Hall–Kier alpha value is -3.28. The number of pyridine rings is 1. The maximum absolute atomic E-state index is 13.1. The number of methoxy groups -OCH3 is 1. The molecule has 30 heavy (non-hydrogen) atoms. The van der Waals surface area contributed by atoms with Gasteiger partial charge in [-0.3, -0.25) is 4.98 Å². The molecule has 156 valence electrons. The summed E-state index contributed by atoms with van der Waals surface area (Å²) < 4.78 is 19.0. The molecule has 0 saturated carbocycles. The number of ether oxygens (including phenoxy) is 3. The fourth-order valence-corrected chi connectivity index (χ4v) is 4.21. The topological polar surface area (TPSA) is 62.6 Å². The van der Waals surface area contributed by atoms with E-state index >= 15 is 0 Å². The van der Waals surface area contributed by atoms with Gasteiger partial charge in [-0.1, -0.05) is 6.07 Å². The van der Waals surface area contributed by atoms with Gasteiger partial charge in [0.1, 0.15) is 0 Å². The predicted molar refractivity (Wildman–Crippen MR) is 115 cm³/mol. The van der Waals surface area contributed by atoms with Crippen molar-refractivity contribution in [3.8, 4) is 34.0 Å². The van der Waals surface area contributed by atoms with E-state index in [2.05, 4.69) is 9.55 Å². The molecule has 0 amide bonds. The molecule has 0 bridgehead atoms. The molecule has 0 atom stereocenters. The van der Waals surface area contributed by atoms with E-state index < -0.39 is 0 Å². The third-order valence-corrected chi connectivity index (χ3v) is 5.47. The van der Waals surface area contributed by atoms with Gasteiger partial charge in [0.25, 0.3) is 0 Å². The zero-order chi connectivity index (χ0) is 21.3. The number of aryl methyl sites for hydroxylation is 1. The molecule has 0 fully saturated rings. The Bertz CT molecular complexity index is 1090. The Morgan fingerprint density at radius 3 is 2.67 bits per heavy atom. The molecular weight excluding hydrogens is 380 g/mol. The number of hydrogen-bond acceptors (Lipinski definition) is 5. The van der Waals surface area contributed by atoms with Gasteiger partial charge < -0.3 is 18.8 Å². The molecule has 1 aromatic carbocycles. The summed E-state index contributed by atoms with van der Waals surface area (Å²) in [7, 11) is 1.64. The first-order valence-electron chi connectivity index (χ1n) is 10.3. The average Bonchev–Trinajstić information content (AvgIpc) is 3.07. The summed E-state index contributed by atoms with van der Waals surface area (Å²) in [5.41, 5.74) is 6.10. The SMILES string of the molecule is CCOC(=O)c1c(-c2ccccn2)c(C)n2c1-c1cc(OCC)c(OC)cc1CC2. The largest absolute Gasteiger partial charge is 0.493 e. The molecule has 6 heteroatoms. The van der Waals surface area contributed by atoms with Gasteiger partial charge in [0.05, 0.1) is 37.3 Å². The third kappa shape index (κ3) is 3.22. The van der Waals surface area contributed by atoms with Crippen LogP contribution in [0.3, 0.4) is 0 Å². The first-order valence-corrected chi connectivity index (χ1v) is 10.3. The zero-order valence-corrected chi connectivity index (χ0v) is 17.8. The molecule has 1 aliphatic heterocycles. The maximum Gasteiger partial charge on any atom is 0.341 e. The van der Waals surface area contributed by atoms with Crippen LogP contribution in [0.5, 0.6) is 11.5 Å². The molecule has 0 N–H and O–H groups in total. The van der Waals surface area contributed by atoms with Gasteiger partial charge in [-0.25, -0.2) is 4.79 Å². The zero-order valence-electron chi connectivity index (χ0n) is 17.8. The van der Waals surface area contributed by atoms with Crippen molar-refractivity contribution in [2.24, 2.45) is 0 Å². The fourth-order valence-electron chi connectivity index (χ4n) is 4.21. The number of esters is 1. The normalized spacial score (nSPS) is 12.1. The number of fused-ring (bicyclic) bond motifs is 3. The number of carbonyl (C=O) groups is 1. The van der Waals surface area contributed by atoms with Crippen molar-refractivity contribution in [1.29, 1.82) is 0 Å². The average molecular weight is 406 g/mol. The molecule has 0 unspecified atom stereocenters. The molecule has 4 rings (SSSR count). The highest BCUT2D eigenvalue weighted by atomic mass is 16.5. The predicted octanol–water partition coefficient (Wildman–Crippen LogP) is 4.67. The molecule has 2 aromatic heterocycles. The summed E-state index contributed by atoms with van der Waals surface area (Å²) in [6, 6.07) is 9.72. The van der Waals surface area contributed by atoms with Crippen LogP contribution in [0.15, 0.2) is 36.5 Å². The first kappa shape index (κ1) is 20.0. The van der Waals surface area contributed by atoms with Gasteiger partial charge in [-0.05, 0) is 57.0 Å². The molecule has 0 saturated heterocycles. The van der Waals surface area contributed by atoms with E-state index in [0.717, 1.165) is 46.7 Å². The summed E-state index contributed by atoms with van der Waals surface area (Å²) >= 11 is 0. The Balaban J connectivity index is 2.02. The lowest BCUT2D eigenvalue weighted by Gasteiger charge is -2.23. The van der Waals surface area contributed by atoms with E-state index in [-0.39, 0.29) is 5.97 Å². The molecular formula is C24H26N2O4. The molecule has 3 heterocycles. The molecule has 3 aromatic rings. The fraction of sp³-hybridized carbons (Fsp3) is 0.333. The van der Waals surface area contributed by atoms with Crippen molar-refractivity contribution in [1.82, 2.24) is 9.55 Å². The van der Waals surface area contributed by atoms with Gasteiger partial charge >= 0.3 is 5.97 Å². The lowest BCUT2D eigenvalue weighted by Crippen LogP contribution is -2.15. The van der Waals surface area contributed by atoms with Crippen molar-refractivity contribution >= 4 is 5.97 Å². The lowest BCUT2D eigenvalue weighted by molar-refractivity contribution is 0.0528. The van der Waals surface area contributed by atoms with Crippen molar-refractivity contribution < 1.29 is 19.0 Å². The molecule has 0 aliphatic carbocycles. The van der Waals surface area contributed by atoms with Crippen LogP contribution in [0.1, 0.15) is 35.5 Å². The Kier molecular flexibility index (Phi) is 5.48. The van der Waals surface area contributed by atoms with Crippen LogP contribution in [-0.4, -0.2) is 35.8 Å². The Labute approximate surface area is 176 Å². The lowest BCUT2D eigenvalue weighted by atomic mass is 9.94. The Morgan fingerprint density at radius 2 is 2.00 bits per heavy atom. The summed E-state index contributed by atoms with van der Waals surface area (Å²) in [5, 5.41) is 0. The number of hydrogen-bond donors (Lipinski definition) is 0. The minimum atomic E-state index is -0.336. The second-order valence-electron chi connectivity index (χ2n) is 7.11. The second kappa shape index (κ2) is 8.22. The monoisotopic (exact) mass is 406 g/mol. The van der Waals surface area contributed by atoms with Crippen molar-refractivity contribution in [2.45, 2.75) is 33.7 Å². The summed E-state index contributed by atoms with van der Waals surface area (Å²) in [5.74, 6) is 1.03. The minimum Gasteiger partial charge on any atom is -0.493 e. The summed E-state index contributed by atoms with van der Waals surface area (Å²) in [4.78, 5) is 17.7. The van der Waals surface area contributed by atoms with Crippen LogP contribution in [0, 0.1) is 6.92 Å². The van der Waals surface area contributed by atoms with E-state index in [1.807, 2.05) is 51.1 Å². The smallest absolute Gasteiger partial charge is 0.341 e. The molecule has 0 spiro atoms. The highest BCUT2D eigenvalue weighted by Gasteiger charge is 2.32. The number of aromatic nitrogens is 2. The van der Waals surface area contributed by atoms with E-state index in [9.17, 15) is 4.79 Å². The van der Waals surface area contributed by atoms with E-state index in [1.165, 1.54) is 0 Å². The number of rotatable bonds is 6. The van der Waals surface area contributed by atoms with Crippen molar-refractivity contribution in [3.05, 3.63) is 53.3 Å². The third-order valence-electron chi connectivity index (χ3n) is 5.47. The quantitative estimate of drug-likeness (QED) is 0.557.